The van der Waals surface area contributed by atoms with Gasteiger partial charge in [0.25, 0.3) is 0 Å². The molecule has 0 saturated carbocycles. The highest BCUT2D eigenvalue weighted by molar-refractivity contribution is 6.33. The lowest BCUT2D eigenvalue weighted by molar-refractivity contribution is -0.119. The van der Waals surface area contributed by atoms with Gasteiger partial charge in [0.2, 0.25) is 5.91 Å². The number of benzene rings is 2. The van der Waals surface area contributed by atoms with Crippen LogP contribution < -0.4 is 16.0 Å². The first-order valence-corrected chi connectivity index (χ1v) is 8.19. The summed E-state index contributed by atoms with van der Waals surface area (Å²) in [6.45, 7) is 3.82. The maximum absolute atomic E-state index is 12.9. The van der Waals surface area contributed by atoms with Gasteiger partial charge in [0.1, 0.15) is 5.92 Å². The van der Waals surface area contributed by atoms with Crippen molar-refractivity contribution in [2.75, 3.05) is 5.32 Å². The summed E-state index contributed by atoms with van der Waals surface area (Å²) in [4.78, 5) is 24.7. The van der Waals surface area contributed by atoms with E-state index in [1.807, 2.05) is 6.07 Å². The second-order valence-corrected chi connectivity index (χ2v) is 6.19. The molecule has 0 radical (unpaired) electrons. The van der Waals surface area contributed by atoms with Crippen LogP contribution in [0.5, 0.6) is 0 Å². The topological polar surface area (TPSA) is 94.0 Å². The van der Waals surface area contributed by atoms with Crippen molar-refractivity contribution in [1.29, 1.82) is 5.26 Å². The number of amides is 3. The molecule has 1 aliphatic rings. The molecule has 0 aromatic heterocycles. The van der Waals surface area contributed by atoms with Crippen LogP contribution in [0.25, 0.3) is 0 Å². The molecular formula is C19H15ClN4O2. The van der Waals surface area contributed by atoms with Gasteiger partial charge in [0.15, 0.2) is 0 Å². The molecule has 0 unspecified atom stereocenters. The Hall–Kier alpha value is -3.30. The maximum atomic E-state index is 12.9. The molecule has 3 rings (SSSR count). The van der Waals surface area contributed by atoms with Crippen molar-refractivity contribution >= 4 is 29.2 Å². The number of halogens is 1. The van der Waals surface area contributed by atoms with Crippen LogP contribution in [0.4, 0.5) is 10.5 Å². The van der Waals surface area contributed by atoms with Crippen LogP contribution >= 0.6 is 11.6 Å². The van der Waals surface area contributed by atoms with Gasteiger partial charge < -0.3 is 16.0 Å². The van der Waals surface area contributed by atoms with Crippen molar-refractivity contribution < 1.29 is 9.59 Å². The third-order valence-electron chi connectivity index (χ3n) is 4.08. The number of hydrogen-bond donors (Lipinski definition) is 3. The zero-order valence-corrected chi connectivity index (χ0v) is 14.4. The first kappa shape index (κ1) is 17.5. The van der Waals surface area contributed by atoms with Gasteiger partial charge in [0, 0.05) is 5.70 Å². The minimum absolute atomic E-state index is 0.285. The van der Waals surface area contributed by atoms with Crippen molar-refractivity contribution in [3.05, 3.63) is 77.0 Å². The fourth-order valence-electron chi connectivity index (χ4n) is 2.81. The van der Waals surface area contributed by atoms with Crippen molar-refractivity contribution in [3.63, 3.8) is 0 Å². The lowest BCUT2D eigenvalue weighted by Crippen LogP contribution is -2.51. The Balaban J connectivity index is 1.91. The average molecular weight is 367 g/mol. The van der Waals surface area contributed by atoms with Gasteiger partial charge in [-0.05, 0) is 29.8 Å². The van der Waals surface area contributed by atoms with E-state index in [1.54, 1.807) is 48.5 Å². The Morgan fingerprint density at radius 2 is 1.88 bits per heavy atom. The molecule has 1 fully saturated rings. The van der Waals surface area contributed by atoms with Crippen LogP contribution in [-0.2, 0) is 4.79 Å². The zero-order chi connectivity index (χ0) is 18.7. The van der Waals surface area contributed by atoms with E-state index < -0.39 is 18.0 Å². The third-order valence-corrected chi connectivity index (χ3v) is 4.41. The third kappa shape index (κ3) is 3.53. The molecule has 2 aromatic carbocycles. The largest absolute Gasteiger partial charge is 0.330 e. The number of nitrogens with one attached hydrogen (secondary N) is 3. The molecule has 130 valence electrons. The molecule has 2 atom stereocenters. The number of urea groups is 1. The van der Waals surface area contributed by atoms with Gasteiger partial charge in [-0.15, -0.1) is 0 Å². The number of hydrogen-bond acceptors (Lipinski definition) is 3. The SMILES string of the molecule is C=C1NC(=O)N[C@@H](c2ccc(C#N)cc2)[C@@H]1C(=O)Nc1ccccc1Cl. The van der Waals surface area contributed by atoms with E-state index in [1.165, 1.54) is 0 Å². The van der Waals surface area contributed by atoms with Crippen LogP contribution in [0.2, 0.25) is 5.02 Å². The van der Waals surface area contributed by atoms with E-state index in [0.717, 1.165) is 0 Å². The van der Waals surface area contributed by atoms with Gasteiger partial charge in [-0.2, -0.15) is 5.26 Å². The highest BCUT2D eigenvalue weighted by atomic mass is 35.5. The van der Waals surface area contributed by atoms with E-state index in [4.69, 9.17) is 16.9 Å². The standard InChI is InChI=1S/C19H15ClN4O2/c1-11-16(18(25)23-15-5-3-2-4-14(15)20)17(24-19(26)22-11)13-8-6-12(10-21)7-9-13/h2-9,16-17H,1H2,(H,23,25)(H2,22,24,26)/t16-,17+/m1/s1. The van der Waals surface area contributed by atoms with Gasteiger partial charge >= 0.3 is 6.03 Å². The lowest BCUT2D eigenvalue weighted by Gasteiger charge is -2.34. The van der Waals surface area contributed by atoms with E-state index in [2.05, 4.69) is 22.5 Å². The molecule has 1 aliphatic heterocycles. The van der Waals surface area contributed by atoms with Crippen LogP contribution in [0.3, 0.4) is 0 Å². The molecule has 6 nitrogen and oxygen atoms in total. The minimum Gasteiger partial charge on any atom is -0.330 e. The predicted octanol–water partition coefficient (Wildman–Crippen LogP) is 3.33. The fourth-order valence-corrected chi connectivity index (χ4v) is 2.99. The van der Waals surface area contributed by atoms with Gasteiger partial charge in [-0.1, -0.05) is 42.4 Å². The molecular weight excluding hydrogens is 352 g/mol. The van der Waals surface area contributed by atoms with Crippen molar-refractivity contribution in [2.24, 2.45) is 5.92 Å². The first-order chi connectivity index (χ1) is 12.5. The van der Waals surface area contributed by atoms with Crippen LogP contribution in [0, 0.1) is 17.2 Å². The highest BCUT2D eigenvalue weighted by Gasteiger charge is 2.37. The Kier molecular flexibility index (Phi) is 4.92. The summed E-state index contributed by atoms with van der Waals surface area (Å²) in [6, 6.07) is 14.5. The molecule has 26 heavy (non-hydrogen) atoms. The Bertz CT molecular complexity index is 918. The smallest absolute Gasteiger partial charge is 0.319 e. The van der Waals surface area contributed by atoms with Gasteiger partial charge in [0.05, 0.1) is 28.4 Å². The molecule has 3 N–H and O–H groups in total. The van der Waals surface area contributed by atoms with E-state index >= 15 is 0 Å². The maximum Gasteiger partial charge on any atom is 0.319 e. The summed E-state index contributed by atoms with van der Waals surface area (Å²) in [7, 11) is 0. The summed E-state index contributed by atoms with van der Waals surface area (Å²) < 4.78 is 0. The van der Waals surface area contributed by atoms with Crippen LogP contribution in [0.15, 0.2) is 60.8 Å². The predicted molar refractivity (Wildman–Crippen MR) is 98.3 cm³/mol. The molecule has 0 aliphatic carbocycles. The average Bonchev–Trinajstić information content (AvgIpc) is 2.63. The van der Waals surface area contributed by atoms with E-state index in [9.17, 15) is 9.59 Å². The van der Waals surface area contributed by atoms with E-state index in [-0.39, 0.29) is 11.6 Å². The fraction of sp³-hybridized carbons (Fsp3) is 0.105. The summed E-state index contributed by atoms with van der Waals surface area (Å²) >= 11 is 6.10. The number of carbonyl (C=O) groups excluding carboxylic acids is 2. The molecule has 3 amide bonds. The molecule has 2 aromatic rings. The zero-order valence-electron chi connectivity index (χ0n) is 13.6. The number of carbonyl (C=O) groups is 2. The Labute approximate surface area is 155 Å². The van der Waals surface area contributed by atoms with E-state index in [0.29, 0.717) is 21.8 Å². The minimum atomic E-state index is -0.753. The number of rotatable bonds is 3. The highest BCUT2D eigenvalue weighted by Crippen LogP contribution is 2.31. The van der Waals surface area contributed by atoms with Gasteiger partial charge in [-0.3, -0.25) is 4.79 Å². The van der Waals surface area contributed by atoms with Crippen molar-refractivity contribution in [2.45, 2.75) is 6.04 Å². The van der Waals surface area contributed by atoms with Gasteiger partial charge in [-0.25, -0.2) is 4.79 Å². The number of nitrogens with zero attached hydrogens (tertiary/aromatic N) is 1. The molecule has 7 heteroatoms. The Morgan fingerprint density at radius 1 is 1.19 bits per heavy atom. The second-order valence-electron chi connectivity index (χ2n) is 5.78. The second kappa shape index (κ2) is 7.30. The summed E-state index contributed by atoms with van der Waals surface area (Å²) in [5.41, 5.74) is 1.94. The normalized spacial score (nSPS) is 19.1. The summed E-state index contributed by atoms with van der Waals surface area (Å²) in [6.07, 6.45) is 0. The lowest BCUT2D eigenvalue weighted by atomic mass is 9.88. The first-order valence-electron chi connectivity index (χ1n) is 7.81. The molecule has 1 heterocycles. The summed E-state index contributed by atoms with van der Waals surface area (Å²) in [5, 5.41) is 17.4. The number of nitriles is 1. The molecule has 0 spiro atoms. The van der Waals surface area contributed by atoms with Crippen molar-refractivity contribution in [1.82, 2.24) is 10.6 Å². The number of anilines is 1. The number of para-hydroxylation sites is 1. The van der Waals surface area contributed by atoms with Crippen LogP contribution in [-0.4, -0.2) is 11.9 Å². The summed E-state index contributed by atoms with van der Waals surface area (Å²) in [5.74, 6) is -1.11. The van der Waals surface area contributed by atoms with Crippen LogP contribution in [0.1, 0.15) is 17.2 Å². The molecule has 1 saturated heterocycles. The monoisotopic (exact) mass is 366 g/mol. The quantitative estimate of drug-likeness (QED) is 0.777. The Morgan fingerprint density at radius 3 is 2.54 bits per heavy atom. The molecule has 0 bridgehead atoms. The van der Waals surface area contributed by atoms with Crippen molar-refractivity contribution in [3.8, 4) is 6.07 Å².